The first-order valence-corrected chi connectivity index (χ1v) is 9.61. The average Bonchev–Trinajstić information content (AvgIpc) is 3.27. The standard InChI is InChI=1S/C21H20N2OS/c24-15-21(11-5-6-14-25-20-22-12-13-23-20)18-9-3-1-7-16(18)17-8-2-4-10-19(17)21/h1-4,7-10,12-13,15H,5-6,11,14H2,(H,22,23). The van der Waals surface area contributed by atoms with E-state index in [1.54, 1.807) is 18.0 Å². The molecule has 0 amide bonds. The van der Waals surface area contributed by atoms with Gasteiger partial charge >= 0.3 is 0 Å². The van der Waals surface area contributed by atoms with Gasteiger partial charge in [0.25, 0.3) is 0 Å². The summed E-state index contributed by atoms with van der Waals surface area (Å²) in [6.07, 6.45) is 7.70. The van der Waals surface area contributed by atoms with Gasteiger partial charge in [0.1, 0.15) is 6.29 Å². The van der Waals surface area contributed by atoms with Crippen LogP contribution in [0.4, 0.5) is 0 Å². The molecule has 3 aromatic rings. The fourth-order valence-electron chi connectivity index (χ4n) is 3.82. The van der Waals surface area contributed by atoms with Crippen LogP contribution in [-0.2, 0) is 10.2 Å². The van der Waals surface area contributed by atoms with Crippen LogP contribution in [0.3, 0.4) is 0 Å². The number of carbonyl (C=O) groups is 1. The van der Waals surface area contributed by atoms with Crippen LogP contribution >= 0.6 is 11.8 Å². The van der Waals surface area contributed by atoms with E-state index in [2.05, 4.69) is 46.4 Å². The van der Waals surface area contributed by atoms with Crippen LogP contribution in [0.25, 0.3) is 11.1 Å². The predicted molar refractivity (Wildman–Crippen MR) is 102 cm³/mol. The highest BCUT2D eigenvalue weighted by Crippen LogP contribution is 2.50. The molecule has 4 rings (SSSR count). The summed E-state index contributed by atoms with van der Waals surface area (Å²) in [5, 5.41) is 0.960. The summed E-state index contributed by atoms with van der Waals surface area (Å²) >= 11 is 1.73. The lowest BCUT2D eigenvalue weighted by Crippen LogP contribution is -2.27. The summed E-state index contributed by atoms with van der Waals surface area (Å²) in [5.41, 5.74) is 4.22. The van der Waals surface area contributed by atoms with Crippen molar-refractivity contribution in [3.8, 4) is 11.1 Å². The Labute approximate surface area is 151 Å². The van der Waals surface area contributed by atoms with Gasteiger partial charge in [-0.05, 0) is 35.1 Å². The third-order valence-electron chi connectivity index (χ3n) is 4.98. The summed E-state index contributed by atoms with van der Waals surface area (Å²) in [7, 11) is 0. The van der Waals surface area contributed by atoms with Crippen molar-refractivity contribution in [3.63, 3.8) is 0 Å². The van der Waals surface area contributed by atoms with Crippen molar-refractivity contribution < 1.29 is 4.79 Å². The molecule has 1 N–H and O–H groups in total. The second-order valence-electron chi connectivity index (χ2n) is 6.38. The quantitative estimate of drug-likeness (QED) is 0.378. The minimum absolute atomic E-state index is 0.497. The minimum atomic E-state index is -0.497. The third kappa shape index (κ3) is 2.81. The van der Waals surface area contributed by atoms with E-state index in [9.17, 15) is 4.79 Å². The van der Waals surface area contributed by atoms with Crippen LogP contribution in [0.1, 0.15) is 30.4 Å². The van der Waals surface area contributed by atoms with E-state index in [0.29, 0.717) is 0 Å². The van der Waals surface area contributed by atoms with Gasteiger partial charge in [-0.1, -0.05) is 66.7 Å². The van der Waals surface area contributed by atoms with E-state index in [0.717, 1.165) is 47.6 Å². The highest BCUT2D eigenvalue weighted by atomic mass is 32.2. The third-order valence-corrected chi connectivity index (χ3v) is 5.97. The lowest BCUT2D eigenvalue weighted by Gasteiger charge is -2.25. The zero-order valence-corrected chi connectivity index (χ0v) is 14.8. The highest BCUT2D eigenvalue weighted by molar-refractivity contribution is 7.99. The van der Waals surface area contributed by atoms with Crippen molar-refractivity contribution in [2.24, 2.45) is 0 Å². The second kappa shape index (κ2) is 6.89. The Kier molecular flexibility index (Phi) is 4.45. The van der Waals surface area contributed by atoms with Gasteiger partial charge in [-0.3, -0.25) is 0 Å². The minimum Gasteiger partial charge on any atom is -0.340 e. The number of unbranched alkanes of at least 4 members (excludes halogenated alkanes) is 1. The molecule has 0 fully saturated rings. The Hall–Kier alpha value is -2.33. The van der Waals surface area contributed by atoms with E-state index in [-0.39, 0.29) is 0 Å². The van der Waals surface area contributed by atoms with E-state index in [1.165, 1.54) is 11.1 Å². The maximum absolute atomic E-state index is 12.3. The smallest absolute Gasteiger partial charge is 0.165 e. The topological polar surface area (TPSA) is 45.8 Å². The van der Waals surface area contributed by atoms with Gasteiger partial charge in [0.2, 0.25) is 0 Å². The number of nitrogens with one attached hydrogen (secondary N) is 1. The van der Waals surface area contributed by atoms with Crippen LogP contribution in [-0.4, -0.2) is 22.0 Å². The van der Waals surface area contributed by atoms with E-state index >= 15 is 0 Å². The Bertz CT molecular complexity index is 828. The molecule has 1 heterocycles. The largest absolute Gasteiger partial charge is 0.340 e. The second-order valence-corrected chi connectivity index (χ2v) is 7.46. The van der Waals surface area contributed by atoms with Crippen LogP contribution in [0, 0.1) is 0 Å². The molecule has 0 spiro atoms. The number of imidazole rings is 1. The molecular weight excluding hydrogens is 328 g/mol. The Morgan fingerprint density at radius 3 is 2.28 bits per heavy atom. The monoisotopic (exact) mass is 348 g/mol. The first-order chi connectivity index (χ1) is 12.3. The molecule has 4 heteroatoms. The van der Waals surface area contributed by atoms with E-state index in [1.807, 2.05) is 18.3 Å². The predicted octanol–water partition coefficient (Wildman–Crippen LogP) is 4.84. The molecule has 0 aliphatic heterocycles. The number of aldehydes is 1. The molecule has 0 radical (unpaired) electrons. The summed E-state index contributed by atoms with van der Waals surface area (Å²) in [5.74, 6) is 1.01. The van der Waals surface area contributed by atoms with Crippen molar-refractivity contribution in [2.45, 2.75) is 29.8 Å². The number of fused-ring (bicyclic) bond motifs is 3. The molecule has 0 saturated carbocycles. The summed E-state index contributed by atoms with van der Waals surface area (Å²) in [6.45, 7) is 0. The summed E-state index contributed by atoms with van der Waals surface area (Å²) in [4.78, 5) is 19.6. The van der Waals surface area contributed by atoms with Gasteiger partial charge in [0.05, 0.1) is 5.41 Å². The fraction of sp³-hybridized carbons (Fsp3) is 0.238. The van der Waals surface area contributed by atoms with Crippen LogP contribution in [0.2, 0.25) is 0 Å². The highest BCUT2D eigenvalue weighted by Gasteiger charge is 2.42. The molecular formula is C21H20N2OS. The zero-order chi connectivity index (χ0) is 17.1. The number of thioether (sulfide) groups is 1. The van der Waals surface area contributed by atoms with Crippen molar-refractivity contribution >= 4 is 18.0 Å². The first-order valence-electron chi connectivity index (χ1n) is 8.63. The molecule has 1 aliphatic rings. The first kappa shape index (κ1) is 16.2. The summed E-state index contributed by atoms with van der Waals surface area (Å²) < 4.78 is 0. The molecule has 25 heavy (non-hydrogen) atoms. The van der Waals surface area contributed by atoms with Crippen LogP contribution in [0.15, 0.2) is 66.1 Å². The van der Waals surface area contributed by atoms with Gasteiger partial charge in [0, 0.05) is 18.1 Å². The number of nitrogens with zero attached hydrogens (tertiary/aromatic N) is 1. The van der Waals surface area contributed by atoms with Crippen molar-refractivity contribution in [1.82, 2.24) is 9.97 Å². The number of carbonyl (C=O) groups excluding carboxylic acids is 1. The van der Waals surface area contributed by atoms with Gasteiger partial charge in [0.15, 0.2) is 5.16 Å². The average molecular weight is 348 g/mol. The number of H-pyrrole nitrogens is 1. The maximum atomic E-state index is 12.3. The number of hydrogen-bond acceptors (Lipinski definition) is 3. The molecule has 126 valence electrons. The Morgan fingerprint density at radius 1 is 1.00 bits per heavy atom. The number of benzene rings is 2. The number of aromatic amines is 1. The summed E-state index contributed by atoms with van der Waals surface area (Å²) in [6, 6.07) is 16.7. The van der Waals surface area contributed by atoms with Gasteiger partial charge in [-0.2, -0.15) is 0 Å². The molecule has 0 atom stereocenters. The SMILES string of the molecule is O=CC1(CCCCSc2ncc[nH]2)c2ccccc2-c2ccccc21. The molecule has 0 unspecified atom stereocenters. The lowest BCUT2D eigenvalue weighted by molar-refractivity contribution is -0.111. The fourth-order valence-corrected chi connectivity index (χ4v) is 4.65. The van der Waals surface area contributed by atoms with Gasteiger partial charge in [-0.15, -0.1) is 0 Å². The van der Waals surface area contributed by atoms with Crippen molar-refractivity contribution in [1.29, 1.82) is 0 Å². The molecule has 1 aromatic heterocycles. The van der Waals surface area contributed by atoms with Crippen molar-refractivity contribution in [3.05, 3.63) is 72.1 Å². The Morgan fingerprint density at radius 2 is 1.68 bits per heavy atom. The molecule has 2 aromatic carbocycles. The normalized spacial score (nSPS) is 14.1. The molecule has 0 bridgehead atoms. The Balaban J connectivity index is 1.53. The number of rotatable bonds is 7. The van der Waals surface area contributed by atoms with Gasteiger partial charge in [-0.25, -0.2) is 4.98 Å². The molecule has 1 aliphatic carbocycles. The van der Waals surface area contributed by atoms with Crippen LogP contribution in [0.5, 0.6) is 0 Å². The van der Waals surface area contributed by atoms with Gasteiger partial charge < -0.3 is 9.78 Å². The van der Waals surface area contributed by atoms with E-state index in [4.69, 9.17) is 0 Å². The number of hydrogen-bond donors (Lipinski definition) is 1. The van der Waals surface area contributed by atoms with E-state index < -0.39 is 5.41 Å². The maximum Gasteiger partial charge on any atom is 0.165 e. The van der Waals surface area contributed by atoms with Crippen LogP contribution < -0.4 is 0 Å². The van der Waals surface area contributed by atoms with Crippen molar-refractivity contribution in [2.75, 3.05) is 5.75 Å². The molecule has 3 nitrogen and oxygen atoms in total. The lowest BCUT2D eigenvalue weighted by atomic mass is 9.75. The number of aromatic nitrogens is 2. The zero-order valence-electron chi connectivity index (χ0n) is 13.9. The molecule has 0 saturated heterocycles.